The Hall–Kier alpha value is -2.10. The van der Waals surface area contributed by atoms with Crippen molar-refractivity contribution in [2.24, 2.45) is 0 Å². The third kappa shape index (κ3) is 4.65. The Labute approximate surface area is 168 Å². The molecule has 0 radical (unpaired) electrons. The number of nitrogens with zero attached hydrogens (tertiary/aromatic N) is 2. The highest BCUT2D eigenvalue weighted by molar-refractivity contribution is 7.99. The van der Waals surface area contributed by atoms with Crippen molar-refractivity contribution in [1.82, 2.24) is 9.62 Å². The summed E-state index contributed by atoms with van der Waals surface area (Å²) in [5.74, 6) is 0.321. The van der Waals surface area contributed by atoms with Gasteiger partial charge in [-0.25, -0.2) is 17.1 Å². The van der Waals surface area contributed by atoms with Crippen LogP contribution in [0.4, 0.5) is 10.1 Å². The first kappa shape index (κ1) is 20.6. The molecule has 1 aliphatic heterocycles. The van der Waals surface area contributed by atoms with E-state index in [2.05, 4.69) is 5.32 Å². The lowest BCUT2D eigenvalue weighted by Gasteiger charge is -2.31. The molecule has 3 rings (SSSR count). The van der Waals surface area contributed by atoms with Crippen LogP contribution in [-0.2, 0) is 21.4 Å². The lowest BCUT2D eigenvalue weighted by atomic mass is 10.2. The van der Waals surface area contributed by atoms with Gasteiger partial charge in [-0.3, -0.25) is 4.79 Å². The molecule has 0 spiro atoms. The van der Waals surface area contributed by atoms with Crippen LogP contribution in [0.5, 0.6) is 0 Å². The van der Waals surface area contributed by atoms with Crippen LogP contribution in [0.3, 0.4) is 0 Å². The summed E-state index contributed by atoms with van der Waals surface area (Å²) < 4.78 is 39.0. The van der Waals surface area contributed by atoms with Gasteiger partial charge in [0.15, 0.2) is 0 Å². The van der Waals surface area contributed by atoms with Gasteiger partial charge in [0.1, 0.15) is 5.82 Å². The first-order chi connectivity index (χ1) is 13.3. The number of carbonyl (C=O) groups excluding carboxylic acids is 1. The zero-order chi connectivity index (χ0) is 20.3. The van der Waals surface area contributed by atoms with E-state index in [1.807, 2.05) is 4.90 Å². The molecule has 1 amide bonds. The predicted octanol–water partition coefficient (Wildman–Crippen LogP) is 2.30. The average molecular weight is 424 g/mol. The number of carbonyl (C=O) groups is 1. The molecule has 9 heteroatoms. The molecule has 1 aliphatic rings. The number of sulfonamides is 1. The largest absolute Gasteiger partial charge is 0.360 e. The number of hydrogen-bond acceptors (Lipinski definition) is 5. The normalized spacial score (nSPS) is 14.1. The van der Waals surface area contributed by atoms with Crippen molar-refractivity contribution >= 4 is 33.4 Å². The molecule has 0 aliphatic carbocycles. The highest BCUT2D eigenvalue weighted by Gasteiger charge is 2.24. The van der Waals surface area contributed by atoms with Gasteiger partial charge in [0.2, 0.25) is 15.9 Å². The van der Waals surface area contributed by atoms with Gasteiger partial charge in [0.05, 0.1) is 17.1 Å². The highest BCUT2D eigenvalue weighted by Crippen LogP contribution is 2.36. The molecule has 0 bridgehead atoms. The number of thioether (sulfide) groups is 1. The molecule has 2 aromatic carbocycles. The van der Waals surface area contributed by atoms with Gasteiger partial charge >= 0.3 is 0 Å². The zero-order valence-corrected chi connectivity index (χ0v) is 17.3. The van der Waals surface area contributed by atoms with Gasteiger partial charge in [-0.2, -0.15) is 0 Å². The van der Waals surface area contributed by atoms with Gasteiger partial charge in [-0.05, 0) is 35.9 Å². The number of hydrogen-bond donors (Lipinski definition) is 1. The van der Waals surface area contributed by atoms with E-state index < -0.39 is 10.0 Å². The molecule has 0 saturated carbocycles. The topological polar surface area (TPSA) is 69.7 Å². The summed E-state index contributed by atoms with van der Waals surface area (Å²) in [5, 5.41) is 2.82. The molecule has 1 heterocycles. The monoisotopic (exact) mass is 423 g/mol. The number of benzene rings is 2. The quantitative estimate of drug-likeness (QED) is 0.772. The number of rotatable bonds is 6. The van der Waals surface area contributed by atoms with Gasteiger partial charge in [-0.15, -0.1) is 11.8 Å². The third-order valence-corrected chi connectivity index (χ3v) is 7.26. The van der Waals surface area contributed by atoms with Crippen LogP contribution >= 0.6 is 11.8 Å². The third-order valence-electron chi connectivity index (χ3n) is 4.41. The molecule has 28 heavy (non-hydrogen) atoms. The molecule has 0 aromatic heterocycles. The summed E-state index contributed by atoms with van der Waals surface area (Å²) >= 11 is 1.64. The molecule has 2 aromatic rings. The number of amides is 1. The molecule has 0 saturated heterocycles. The van der Waals surface area contributed by atoms with Crippen LogP contribution in [0.2, 0.25) is 0 Å². The SMILES string of the molecule is CN(C)S(=O)(=O)c1ccc2c(c1)N(CC(=O)NCc1ccc(F)cc1)CCS2. The standard InChI is InChI=1S/C19H22FN3O3S2/c1-22(2)28(25,26)16-7-8-18-17(11-16)23(9-10-27-18)13-19(24)21-12-14-3-5-15(20)6-4-14/h3-8,11H,9-10,12-13H2,1-2H3,(H,21,24). The fourth-order valence-corrected chi connectivity index (χ4v) is 4.77. The Morgan fingerprint density at radius 3 is 2.61 bits per heavy atom. The molecular formula is C19H22FN3O3S2. The maximum atomic E-state index is 13.0. The van der Waals surface area contributed by atoms with Crippen LogP contribution in [0, 0.1) is 5.82 Å². The molecule has 0 atom stereocenters. The maximum Gasteiger partial charge on any atom is 0.242 e. The van der Waals surface area contributed by atoms with E-state index in [1.165, 1.54) is 30.5 Å². The van der Waals surface area contributed by atoms with Crippen LogP contribution in [-0.4, -0.2) is 51.6 Å². The summed E-state index contributed by atoms with van der Waals surface area (Å²) in [5.41, 5.74) is 1.56. The van der Waals surface area contributed by atoms with Gasteiger partial charge in [-0.1, -0.05) is 12.1 Å². The second-order valence-electron chi connectivity index (χ2n) is 6.59. The van der Waals surface area contributed by atoms with E-state index in [0.29, 0.717) is 13.1 Å². The lowest BCUT2D eigenvalue weighted by molar-refractivity contribution is -0.119. The van der Waals surface area contributed by atoms with Gasteiger partial charge < -0.3 is 10.2 Å². The Bertz CT molecular complexity index is 963. The second-order valence-corrected chi connectivity index (χ2v) is 9.88. The molecule has 150 valence electrons. The van der Waals surface area contributed by atoms with E-state index in [1.54, 1.807) is 42.1 Å². The molecule has 0 unspecified atom stereocenters. The van der Waals surface area contributed by atoms with E-state index in [-0.39, 0.29) is 23.2 Å². The Morgan fingerprint density at radius 1 is 1.21 bits per heavy atom. The van der Waals surface area contributed by atoms with Crippen LogP contribution in [0.15, 0.2) is 52.3 Å². The minimum absolute atomic E-state index is 0.125. The van der Waals surface area contributed by atoms with Crippen molar-refractivity contribution in [3.8, 4) is 0 Å². The van der Waals surface area contributed by atoms with Crippen molar-refractivity contribution in [2.75, 3.05) is 37.8 Å². The van der Waals surface area contributed by atoms with Crippen LogP contribution in [0.25, 0.3) is 0 Å². The second kappa shape index (κ2) is 8.50. The van der Waals surface area contributed by atoms with E-state index in [0.717, 1.165) is 21.9 Å². The van der Waals surface area contributed by atoms with Crippen molar-refractivity contribution in [2.45, 2.75) is 16.3 Å². The highest BCUT2D eigenvalue weighted by atomic mass is 32.2. The fourth-order valence-electron chi connectivity index (χ4n) is 2.82. The Kier molecular flexibility index (Phi) is 6.26. The summed E-state index contributed by atoms with van der Waals surface area (Å²) in [7, 11) is -0.565. The van der Waals surface area contributed by atoms with Crippen molar-refractivity contribution < 1.29 is 17.6 Å². The van der Waals surface area contributed by atoms with Gasteiger partial charge in [0.25, 0.3) is 0 Å². The smallest absolute Gasteiger partial charge is 0.242 e. The fraction of sp³-hybridized carbons (Fsp3) is 0.316. The van der Waals surface area contributed by atoms with Crippen molar-refractivity contribution in [1.29, 1.82) is 0 Å². The molecular weight excluding hydrogens is 401 g/mol. The van der Waals surface area contributed by atoms with Crippen LogP contribution < -0.4 is 10.2 Å². The summed E-state index contributed by atoms with van der Waals surface area (Å²) in [4.78, 5) is 15.4. The molecule has 1 N–H and O–H groups in total. The first-order valence-corrected chi connectivity index (χ1v) is 11.2. The molecule has 6 nitrogen and oxygen atoms in total. The summed E-state index contributed by atoms with van der Waals surface area (Å²) in [6.45, 7) is 1.08. The minimum atomic E-state index is -3.55. The summed E-state index contributed by atoms with van der Waals surface area (Å²) in [6.07, 6.45) is 0. The number of anilines is 1. The predicted molar refractivity (Wildman–Crippen MR) is 108 cm³/mol. The lowest BCUT2D eigenvalue weighted by Crippen LogP contribution is -2.39. The Balaban J connectivity index is 1.72. The molecule has 0 fully saturated rings. The van der Waals surface area contributed by atoms with E-state index in [9.17, 15) is 17.6 Å². The minimum Gasteiger partial charge on any atom is -0.360 e. The summed E-state index contributed by atoms with van der Waals surface area (Å²) in [6, 6.07) is 11.0. The van der Waals surface area contributed by atoms with Crippen LogP contribution in [0.1, 0.15) is 5.56 Å². The first-order valence-electron chi connectivity index (χ1n) is 8.73. The average Bonchev–Trinajstić information content (AvgIpc) is 2.67. The van der Waals surface area contributed by atoms with Gasteiger partial charge in [0, 0.05) is 37.8 Å². The maximum absolute atomic E-state index is 13.0. The number of fused-ring (bicyclic) bond motifs is 1. The number of nitrogens with one attached hydrogen (secondary N) is 1. The van der Waals surface area contributed by atoms with E-state index >= 15 is 0 Å². The van der Waals surface area contributed by atoms with Crippen molar-refractivity contribution in [3.05, 3.63) is 53.8 Å². The zero-order valence-electron chi connectivity index (χ0n) is 15.7. The Morgan fingerprint density at radius 2 is 1.93 bits per heavy atom. The number of halogens is 1. The van der Waals surface area contributed by atoms with E-state index in [4.69, 9.17) is 0 Å². The van der Waals surface area contributed by atoms with Crippen molar-refractivity contribution in [3.63, 3.8) is 0 Å².